The number of aliphatic hydroxyl groups is 2. The average molecular weight is 894 g/mol. The van der Waals surface area contributed by atoms with Crippen LogP contribution in [-0.4, -0.2) is 124 Å². The average Bonchev–Trinajstić information content (AvgIpc) is 4.01. The van der Waals surface area contributed by atoms with Gasteiger partial charge in [-0.05, 0) is 24.0 Å². The molecule has 3 amide bonds. The molecule has 2 aliphatic rings. The van der Waals surface area contributed by atoms with Gasteiger partial charge in [-0.15, -0.1) is 0 Å². The number of imidazole rings is 1. The number of rotatable bonds is 14. The molecule has 0 radical (unpaired) electrons. The Morgan fingerprint density at radius 2 is 1.50 bits per heavy atom. The highest BCUT2D eigenvalue weighted by Crippen LogP contribution is 2.40. The monoisotopic (exact) mass is 893 g/mol. The fourth-order valence-corrected chi connectivity index (χ4v) is 7.71. The number of halogens is 3. The highest BCUT2D eigenvalue weighted by molar-refractivity contribution is 5.90. The number of carbonyl (C=O) groups is 3. The minimum absolute atomic E-state index is 0.0118. The Hall–Kier alpha value is -6.87. The lowest BCUT2D eigenvalue weighted by Gasteiger charge is -2.22. The zero-order valence-corrected chi connectivity index (χ0v) is 35.4. The van der Waals surface area contributed by atoms with Gasteiger partial charge in [-0.25, -0.2) is 14.6 Å². The van der Waals surface area contributed by atoms with Crippen LogP contribution in [0.15, 0.2) is 79.1 Å². The van der Waals surface area contributed by atoms with E-state index in [0.29, 0.717) is 71.9 Å². The van der Waals surface area contributed by atoms with E-state index < -0.39 is 42.5 Å². The van der Waals surface area contributed by atoms with Crippen molar-refractivity contribution in [3.8, 4) is 17.2 Å². The molecule has 7 N–H and O–H groups in total. The van der Waals surface area contributed by atoms with Crippen LogP contribution in [0.1, 0.15) is 49.3 Å². The first kappa shape index (κ1) is 46.6. The van der Waals surface area contributed by atoms with Gasteiger partial charge in [0, 0.05) is 50.1 Å². The molecule has 3 aromatic carbocycles. The van der Waals surface area contributed by atoms with Gasteiger partial charge in [-0.1, -0.05) is 67.6 Å². The molecule has 3 heterocycles. The number of fused-ring (bicyclic) bond motifs is 1. The van der Waals surface area contributed by atoms with Crippen molar-refractivity contribution in [1.29, 1.82) is 0 Å². The maximum atomic E-state index is 13.2. The van der Waals surface area contributed by atoms with Gasteiger partial charge in [0.15, 0.2) is 28.5 Å². The summed E-state index contributed by atoms with van der Waals surface area (Å²) in [6, 6.07) is 21.9. The van der Waals surface area contributed by atoms with Gasteiger partial charge in [0.05, 0.1) is 45.4 Å². The number of aliphatic carboxylic acids is 1. The lowest BCUT2D eigenvalue weighted by atomic mass is 9.91. The predicted octanol–water partition coefficient (Wildman–Crippen LogP) is 4.69. The number of aliphatic hydroxyl groups excluding tert-OH is 2. The van der Waals surface area contributed by atoms with Gasteiger partial charge in [-0.2, -0.15) is 23.1 Å². The third kappa shape index (κ3) is 10.8. The molecule has 342 valence electrons. The number of methoxy groups -OCH3 is 3. The largest absolute Gasteiger partial charge is 0.493 e. The highest BCUT2D eigenvalue weighted by Gasteiger charge is 2.44. The van der Waals surface area contributed by atoms with Crippen molar-refractivity contribution in [3.63, 3.8) is 0 Å². The Bertz CT molecular complexity index is 2330. The summed E-state index contributed by atoms with van der Waals surface area (Å²) in [5, 5.41) is 41.7. The molecule has 18 nitrogen and oxygen atoms in total. The van der Waals surface area contributed by atoms with Crippen LogP contribution < -0.4 is 40.4 Å². The van der Waals surface area contributed by atoms with Crippen LogP contribution in [-0.2, 0) is 9.59 Å². The van der Waals surface area contributed by atoms with Gasteiger partial charge >= 0.3 is 18.2 Å². The van der Waals surface area contributed by atoms with E-state index in [1.165, 1.54) is 21.3 Å². The van der Waals surface area contributed by atoms with Crippen molar-refractivity contribution in [2.45, 2.75) is 68.6 Å². The summed E-state index contributed by atoms with van der Waals surface area (Å²) >= 11 is 0. The minimum Gasteiger partial charge on any atom is -0.493 e. The molecule has 1 saturated carbocycles. The lowest BCUT2D eigenvalue weighted by Crippen LogP contribution is -2.42. The Balaban J connectivity index is 0.000000898. The van der Waals surface area contributed by atoms with Gasteiger partial charge in [0.2, 0.25) is 17.6 Å². The summed E-state index contributed by atoms with van der Waals surface area (Å²) in [6.45, 7) is 3.21. The van der Waals surface area contributed by atoms with Gasteiger partial charge < -0.3 is 60.3 Å². The van der Waals surface area contributed by atoms with Gasteiger partial charge in [0.25, 0.3) is 0 Å². The second-order valence-electron chi connectivity index (χ2n) is 15.0. The number of benzene rings is 3. The van der Waals surface area contributed by atoms with Crippen LogP contribution in [0.25, 0.3) is 11.2 Å². The molecule has 2 aromatic heterocycles. The summed E-state index contributed by atoms with van der Waals surface area (Å²) < 4.78 is 49.8. The fourth-order valence-electron chi connectivity index (χ4n) is 7.71. The third-order valence-corrected chi connectivity index (χ3v) is 10.9. The Morgan fingerprint density at radius 1 is 0.891 bits per heavy atom. The van der Waals surface area contributed by atoms with E-state index in [0.717, 1.165) is 11.1 Å². The van der Waals surface area contributed by atoms with Crippen LogP contribution >= 0.6 is 0 Å². The number of alkyl halides is 3. The normalized spacial score (nSPS) is 19.4. The molecular formula is C43H50F3N9O9. The van der Waals surface area contributed by atoms with E-state index in [1.54, 1.807) is 30.0 Å². The first-order valence-corrected chi connectivity index (χ1v) is 20.3. The molecule has 7 rings (SSSR count). The number of hydrogen-bond donors (Lipinski definition) is 7. The summed E-state index contributed by atoms with van der Waals surface area (Å²) in [7, 11) is 4.53. The maximum Gasteiger partial charge on any atom is 0.490 e. The fraction of sp³-hybridized carbons (Fsp3) is 0.395. The Labute approximate surface area is 365 Å². The lowest BCUT2D eigenvalue weighted by molar-refractivity contribution is -0.192. The standard InChI is InChI=1S/C41H49N9O7.C2HF3O2/c1-5-33(51)46-29-20-30(36(53)35(29)52)50-23-43-34-38(42-21-28(24-12-8-6-9-13-24)25-14-10-7-11-15-25)47-40(48-39(34)50)49-17-16-26(22-49)44-41(54)45-27-18-31(55-2)37(57-4)32(19-27)56-3;3-2(4,5)1(6)7/h6-15,18-19,23,26,28-30,35-36,52-53H,5,16-17,20-22H2,1-4H3,(H,46,51)(H,42,47,48)(H2,44,45,54);(H,6,7)/t26-,29+,30-,35-,36+;/m1./s1. The molecular weight excluding hydrogens is 844 g/mol. The van der Waals surface area contributed by atoms with Crippen LogP contribution in [0, 0.1) is 0 Å². The maximum absolute atomic E-state index is 13.2. The van der Waals surface area contributed by atoms with Crippen molar-refractivity contribution in [1.82, 2.24) is 30.2 Å². The molecule has 64 heavy (non-hydrogen) atoms. The zero-order chi connectivity index (χ0) is 46.1. The Kier molecular flexibility index (Phi) is 15.0. The van der Waals surface area contributed by atoms with Crippen molar-refractivity contribution in [3.05, 3.63) is 90.3 Å². The summed E-state index contributed by atoms with van der Waals surface area (Å²) in [4.78, 5) is 51.1. The number of urea groups is 1. The molecule has 5 atom stereocenters. The number of carboxylic acid groups (broad SMARTS) is 1. The number of anilines is 3. The first-order chi connectivity index (χ1) is 30.6. The minimum atomic E-state index is -5.08. The molecule has 1 saturated heterocycles. The summed E-state index contributed by atoms with van der Waals surface area (Å²) in [6.07, 6.45) is -4.66. The first-order valence-electron chi connectivity index (χ1n) is 20.3. The number of ether oxygens (including phenoxy) is 3. The summed E-state index contributed by atoms with van der Waals surface area (Å²) in [5.41, 5.74) is 3.70. The number of carboxylic acids is 1. The molecule has 0 bridgehead atoms. The second kappa shape index (κ2) is 20.5. The second-order valence-corrected chi connectivity index (χ2v) is 15.0. The molecule has 5 aromatic rings. The van der Waals surface area contributed by atoms with E-state index in [9.17, 15) is 33.0 Å². The van der Waals surface area contributed by atoms with E-state index in [1.807, 2.05) is 41.3 Å². The van der Waals surface area contributed by atoms with E-state index in [-0.39, 0.29) is 30.7 Å². The quantitative estimate of drug-likeness (QED) is 0.0802. The predicted molar refractivity (Wildman–Crippen MR) is 229 cm³/mol. The van der Waals surface area contributed by atoms with Crippen molar-refractivity contribution < 1.29 is 57.1 Å². The number of amides is 3. The Morgan fingerprint density at radius 3 is 2.05 bits per heavy atom. The van der Waals surface area contributed by atoms with Gasteiger partial charge in [-0.3, -0.25) is 4.79 Å². The van der Waals surface area contributed by atoms with Crippen LogP contribution in [0.5, 0.6) is 17.2 Å². The number of aromatic nitrogens is 4. The van der Waals surface area contributed by atoms with Gasteiger partial charge in [0.1, 0.15) is 12.2 Å². The van der Waals surface area contributed by atoms with E-state index in [2.05, 4.69) is 45.5 Å². The molecule has 1 aliphatic heterocycles. The number of nitrogens with one attached hydrogen (secondary N) is 4. The van der Waals surface area contributed by atoms with Crippen LogP contribution in [0.2, 0.25) is 0 Å². The van der Waals surface area contributed by atoms with Crippen LogP contribution in [0.3, 0.4) is 0 Å². The van der Waals surface area contributed by atoms with Crippen molar-refractivity contribution in [2.75, 3.05) is 56.5 Å². The molecule has 1 aliphatic carbocycles. The molecule has 0 spiro atoms. The number of hydrogen-bond acceptors (Lipinski definition) is 13. The summed E-state index contributed by atoms with van der Waals surface area (Å²) in [5.74, 6) is -0.812. The van der Waals surface area contributed by atoms with Crippen molar-refractivity contribution >= 4 is 46.5 Å². The van der Waals surface area contributed by atoms with Crippen molar-refractivity contribution in [2.24, 2.45) is 0 Å². The molecule has 2 fully saturated rings. The highest BCUT2D eigenvalue weighted by atomic mass is 19.4. The smallest absolute Gasteiger partial charge is 0.490 e. The van der Waals surface area contributed by atoms with Crippen LogP contribution in [0.4, 0.5) is 35.4 Å². The number of carbonyl (C=O) groups excluding carboxylic acids is 2. The zero-order valence-electron chi connectivity index (χ0n) is 35.4. The van der Waals surface area contributed by atoms with E-state index in [4.69, 9.17) is 39.1 Å². The van der Waals surface area contributed by atoms with E-state index >= 15 is 0 Å². The topological polar surface area (TPSA) is 235 Å². The molecule has 0 unspecified atom stereocenters. The third-order valence-electron chi connectivity index (χ3n) is 10.9. The molecule has 21 heteroatoms. The number of nitrogens with zero attached hydrogens (tertiary/aromatic N) is 5. The SMILES string of the molecule is CCC(=O)N[C@H]1C[C@@H](n2cnc3c(NCC(c4ccccc4)c4ccccc4)nc(N4CC[C@@H](NC(=O)Nc5cc(OC)c(OC)c(OC)c5)C4)nc32)[C@H](O)[C@@H]1O.O=C(O)C(F)(F)F.